The van der Waals surface area contributed by atoms with Crippen molar-refractivity contribution in [3.63, 3.8) is 0 Å². The number of amides is 1. The lowest BCUT2D eigenvalue weighted by Crippen LogP contribution is -2.36. The van der Waals surface area contributed by atoms with Gasteiger partial charge in [-0.2, -0.15) is 8.78 Å². The Bertz CT molecular complexity index is 886. The van der Waals surface area contributed by atoms with Gasteiger partial charge in [-0.05, 0) is 36.3 Å². The van der Waals surface area contributed by atoms with Gasteiger partial charge in [0.25, 0.3) is 5.91 Å². The molecule has 30 heavy (non-hydrogen) atoms. The van der Waals surface area contributed by atoms with E-state index in [1.54, 1.807) is 7.05 Å². The number of halogens is 2. The highest BCUT2D eigenvalue weighted by Crippen LogP contribution is 2.29. The first kappa shape index (κ1) is 22.9. The highest BCUT2D eigenvalue weighted by molar-refractivity contribution is 5.90. The van der Waals surface area contributed by atoms with Crippen LogP contribution in [0.2, 0.25) is 0 Å². The lowest BCUT2D eigenvalue weighted by Gasteiger charge is -2.21. The maximum absolute atomic E-state index is 12.4. The summed E-state index contributed by atoms with van der Waals surface area (Å²) in [7, 11) is 2.94. The molecular formula is C22H23F2NO5. The van der Waals surface area contributed by atoms with E-state index < -0.39 is 18.7 Å². The van der Waals surface area contributed by atoms with Gasteiger partial charge in [0.15, 0.2) is 17.6 Å². The molecule has 2 aromatic carbocycles. The zero-order chi connectivity index (χ0) is 22.1. The van der Waals surface area contributed by atoms with Gasteiger partial charge in [-0.1, -0.05) is 36.4 Å². The topological polar surface area (TPSA) is 65.1 Å². The molecule has 0 aliphatic carbocycles. The molecule has 0 spiro atoms. The first-order valence-electron chi connectivity index (χ1n) is 9.10. The van der Waals surface area contributed by atoms with Crippen LogP contribution in [0.4, 0.5) is 8.78 Å². The summed E-state index contributed by atoms with van der Waals surface area (Å²) in [5, 5.41) is 0. The largest absolute Gasteiger partial charge is 0.493 e. The summed E-state index contributed by atoms with van der Waals surface area (Å²) in [4.78, 5) is 25.9. The van der Waals surface area contributed by atoms with Crippen molar-refractivity contribution in [2.45, 2.75) is 26.2 Å². The van der Waals surface area contributed by atoms with Crippen LogP contribution < -0.4 is 9.47 Å². The van der Waals surface area contributed by atoms with Crippen LogP contribution in [0.3, 0.4) is 0 Å². The first-order valence-corrected chi connectivity index (χ1v) is 9.10. The second-order valence-electron chi connectivity index (χ2n) is 6.38. The van der Waals surface area contributed by atoms with Crippen molar-refractivity contribution in [2.75, 3.05) is 14.2 Å². The van der Waals surface area contributed by atoms with E-state index in [-0.39, 0.29) is 17.4 Å². The Kier molecular flexibility index (Phi) is 8.34. The molecule has 0 fully saturated rings. The number of benzene rings is 2. The molecule has 0 aromatic heterocycles. The number of nitrogens with zero attached hydrogens (tertiary/aromatic N) is 1. The van der Waals surface area contributed by atoms with Crippen LogP contribution in [0, 0.1) is 0 Å². The number of alkyl halides is 2. The zero-order valence-electron chi connectivity index (χ0n) is 16.9. The van der Waals surface area contributed by atoms with Crippen molar-refractivity contribution in [3.05, 3.63) is 65.7 Å². The summed E-state index contributed by atoms with van der Waals surface area (Å²) in [6.45, 7) is -1.09. The molecule has 0 radical (unpaired) electrons. The summed E-state index contributed by atoms with van der Waals surface area (Å²) in [6.07, 6.45) is 1.60. The minimum Gasteiger partial charge on any atom is -0.493 e. The summed E-state index contributed by atoms with van der Waals surface area (Å²) < 4.78 is 39.3. The normalized spacial score (nSPS) is 11.9. The number of methoxy groups -OCH3 is 1. The molecule has 8 heteroatoms. The number of carbonyl (C=O) groups excluding carboxylic acids is 2. The molecule has 0 saturated heterocycles. The average molecular weight is 419 g/mol. The molecule has 1 unspecified atom stereocenters. The number of esters is 1. The molecule has 0 heterocycles. The molecule has 0 aliphatic rings. The van der Waals surface area contributed by atoms with Crippen LogP contribution in [0.25, 0.3) is 6.08 Å². The third-order valence-corrected chi connectivity index (χ3v) is 4.10. The second-order valence-corrected chi connectivity index (χ2v) is 6.38. The number of rotatable bonds is 9. The van der Waals surface area contributed by atoms with Crippen LogP contribution in [-0.4, -0.2) is 43.6 Å². The minimum absolute atomic E-state index is 0.0944. The standard InChI is InChI=1S/C22H23F2NO5/c1-15(21(27)25(2)14-17-7-5-4-6-8-17)29-20(26)12-10-16-9-11-18(30-22(23)24)19(13-16)28-3/h4-13,15,22H,14H2,1-3H3. The molecule has 160 valence electrons. The molecule has 0 saturated carbocycles. The lowest BCUT2D eigenvalue weighted by atomic mass is 10.2. The fourth-order valence-corrected chi connectivity index (χ4v) is 2.65. The van der Waals surface area contributed by atoms with Gasteiger partial charge in [-0.25, -0.2) is 4.79 Å². The molecule has 6 nitrogen and oxygen atoms in total. The molecule has 0 aliphatic heterocycles. The molecule has 2 aromatic rings. The Morgan fingerprint density at radius 2 is 1.80 bits per heavy atom. The van der Waals surface area contributed by atoms with Crippen molar-refractivity contribution >= 4 is 18.0 Å². The Morgan fingerprint density at radius 1 is 1.10 bits per heavy atom. The van der Waals surface area contributed by atoms with Gasteiger partial charge in [0.05, 0.1) is 7.11 Å². The number of ether oxygens (including phenoxy) is 3. The number of carbonyl (C=O) groups is 2. The summed E-state index contributed by atoms with van der Waals surface area (Å²) in [5.74, 6) is -1.07. The van der Waals surface area contributed by atoms with Crippen molar-refractivity contribution in [3.8, 4) is 11.5 Å². The highest BCUT2D eigenvalue weighted by atomic mass is 19.3. The number of likely N-dealkylation sites (N-methyl/N-ethyl adjacent to an activating group) is 1. The predicted molar refractivity (Wildman–Crippen MR) is 107 cm³/mol. The monoisotopic (exact) mass is 419 g/mol. The van der Waals surface area contributed by atoms with Crippen LogP contribution >= 0.6 is 0 Å². The van der Waals surface area contributed by atoms with Gasteiger partial charge in [0.2, 0.25) is 0 Å². The molecule has 1 amide bonds. The van der Waals surface area contributed by atoms with E-state index in [0.717, 1.165) is 11.6 Å². The van der Waals surface area contributed by atoms with Crippen LogP contribution in [0.15, 0.2) is 54.6 Å². The van der Waals surface area contributed by atoms with Crippen LogP contribution in [0.5, 0.6) is 11.5 Å². The van der Waals surface area contributed by atoms with E-state index in [4.69, 9.17) is 9.47 Å². The fraction of sp³-hybridized carbons (Fsp3) is 0.273. The highest BCUT2D eigenvalue weighted by Gasteiger charge is 2.20. The van der Waals surface area contributed by atoms with Crippen LogP contribution in [-0.2, 0) is 20.9 Å². The van der Waals surface area contributed by atoms with Crippen molar-refractivity contribution in [2.24, 2.45) is 0 Å². The third-order valence-electron chi connectivity index (χ3n) is 4.10. The van der Waals surface area contributed by atoms with Gasteiger partial charge in [-0.15, -0.1) is 0 Å². The van der Waals surface area contributed by atoms with Gasteiger partial charge < -0.3 is 19.1 Å². The van der Waals surface area contributed by atoms with E-state index in [0.29, 0.717) is 12.1 Å². The Morgan fingerprint density at radius 3 is 2.43 bits per heavy atom. The van der Waals surface area contributed by atoms with Gasteiger partial charge in [0.1, 0.15) is 0 Å². The third kappa shape index (κ3) is 6.88. The quantitative estimate of drug-likeness (QED) is 0.456. The summed E-state index contributed by atoms with van der Waals surface area (Å²) in [5.41, 5.74) is 1.46. The number of hydrogen-bond donors (Lipinski definition) is 0. The lowest BCUT2D eigenvalue weighted by molar-refractivity contribution is -0.154. The zero-order valence-corrected chi connectivity index (χ0v) is 16.9. The van der Waals surface area contributed by atoms with Gasteiger partial charge in [0, 0.05) is 19.7 Å². The molecule has 1 atom stereocenters. The van der Waals surface area contributed by atoms with E-state index in [1.807, 2.05) is 30.3 Å². The maximum atomic E-state index is 12.4. The predicted octanol–water partition coefficient (Wildman–Crippen LogP) is 3.90. The SMILES string of the molecule is COc1cc(C=CC(=O)OC(C)C(=O)N(C)Cc2ccccc2)ccc1OC(F)F. The van der Waals surface area contributed by atoms with Crippen molar-refractivity contribution < 1.29 is 32.6 Å². The van der Waals surface area contributed by atoms with E-state index in [9.17, 15) is 18.4 Å². The minimum atomic E-state index is -2.98. The Labute approximate surface area is 173 Å². The molecule has 2 rings (SSSR count). The second kappa shape index (κ2) is 10.9. The Hall–Kier alpha value is -3.42. The van der Waals surface area contributed by atoms with Crippen molar-refractivity contribution in [1.29, 1.82) is 0 Å². The summed E-state index contributed by atoms with van der Waals surface area (Å²) in [6, 6.07) is 13.7. The molecular weight excluding hydrogens is 396 g/mol. The Balaban J connectivity index is 1.94. The summed E-state index contributed by atoms with van der Waals surface area (Å²) >= 11 is 0. The van der Waals surface area contributed by atoms with Crippen LogP contribution in [0.1, 0.15) is 18.1 Å². The average Bonchev–Trinajstić information content (AvgIpc) is 2.72. The smallest absolute Gasteiger partial charge is 0.387 e. The maximum Gasteiger partial charge on any atom is 0.387 e. The van der Waals surface area contributed by atoms with E-state index >= 15 is 0 Å². The van der Waals surface area contributed by atoms with E-state index in [2.05, 4.69) is 4.74 Å². The fourth-order valence-electron chi connectivity index (χ4n) is 2.65. The first-order chi connectivity index (χ1) is 14.3. The number of hydrogen-bond acceptors (Lipinski definition) is 5. The molecule has 0 bridgehead atoms. The van der Waals surface area contributed by atoms with Gasteiger partial charge in [-0.3, -0.25) is 4.79 Å². The van der Waals surface area contributed by atoms with E-state index in [1.165, 1.54) is 43.2 Å². The van der Waals surface area contributed by atoms with Crippen molar-refractivity contribution in [1.82, 2.24) is 4.90 Å². The molecule has 0 N–H and O–H groups in total. The van der Waals surface area contributed by atoms with Gasteiger partial charge >= 0.3 is 12.6 Å².